The maximum Gasteiger partial charge on any atom is 0.310 e. The molecule has 146 valence electrons. The molecule has 2 aromatic rings. The number of carbonyl (C=O) groups excluding carboxylic acids is 3. The molecule has 0 radical (unpaired) electrons. The van der Waals surface area contributed by atoms with Crippen molar-refractivity contribution in [3.63, 3.8) is 0 Å². The Morgan fingerprint density at radius 2 is 1.86 bits per heavy atom. The van der Waals surface area contributed by atoms with Gasteiger partial charge in [-0.25, -0.2) is 0 Å². The molecule has 0 aromatic heterocycles. The van der Waals surface area contributed by atoms with Crippen LogP contribution < -0.4 is 15.4 Å². The van der Waals surface area contributed by atoms with Gasteiger partial charge in [-0.3, -0.25) is 14.4 Å². The third-order valence-corrected chi connectivity index (χ3v) is 4.29. The summed E-state index contributed by atoms with van der Waals surface area (Å²) in [7, 11) is 0. The number of amides is 2. The van der Waals surface area contributed by atoms with Crippen molar-refractivity contribution in [2.24, 2.45) is 0 Å². The number of esters is 1. The second-order valence-corrected chi connectivity index (χ2v) is 6.45. The average Bonchev–Trinajstić information content (AvgIpc) is 2.69. The molecule has 28 heavy (non-hydrogen) atoms. The highest BCUT2D eigenvalue weighted by molar-refractivity contribution is 5.99. The molecule has 0 saturated heterocycles. The van der Waals surface area contributed by atoms with Gasteiger partial charge in [-0.05, 0) is 31.0 Å². The van der Waals surface area contributed by atoms with Crippen molar-refractivity contribution < 1.29 is 23.9 Å². The van der Waals surface area contributed by atoms with Crippen LogP contribution in [0, 0.1) is 0 Å². The molecule has 2 aromatic carbocycles. The van der Waals surface area contributed by atoms with E-state index in [1.54, 1.807) is 24.3 Å². The smallest absolute Gasteiger partial charge is 0.310 e. The first-order chi connectivity index (χ1) is 13.5. The van der Waals surface area contributed by atoms with E-state index in [0.29, 0.717) is 24.4 Å². The summed E-state index contributed by atoms with van der Waals surface area (Å²) < 4.78 is 10.7. The number of hydrogen-bond donors (Lipinski definition) is 2. The van der Waals surface area contributed by atoms with Crippen LogP contribution in [0.5, 0.6) is 5.75 Å². The molecule has 0 bridgehead atoms. The van der Waals surface area contributed by atoms with Crippen molar-refractivity contribution in [2.45, 2.75) is 32.0 Å². The predicted octanol–water partition coefficient (Wildman–Crippen LogP) is 2.07. The van der Waals surface area contributed by atoms with Crippen LogP contribution in [-0.4, -0.2) is 36.5 Å². The van der Waals surface area contributed by atoms with Gasteiger partial charge in [-0.15, -0.1) is 0 Å². The molecule has 1 aliphatic rings. The second kappa shape index (κ2) is 9.03. The number of fused-ring (bicyclic) bond motifs is 1. The molecule has 2 N–H and O–H groups in total. The summed E-state index contributed by atoms with van der Waals surface area (Å²) in [5, 5.41) is 5.42. The average molecular weight is 382 g/mol. The van der Waals surface area contributed by atoms with Crippen molar-refractivity contribution in [1.29, 1.82) is 0 Å². The third kappa shape index (κ3) is 5.09. The number of carbonyl (C=O) groups is 3. The number of para-hydroxylation sites is 2. The van der Waals surface area contributed by atoms with Crippen LogP contribution in [0.3, 0.4) is 0 Å². The van der Waals surface area contributed by atoms with Crippen molar-refractivity contribution in [1.82, 2.24) is 5.32 Å². The Morgan fingerprint density at radius 1 is 1.14 bits per heavy atom. The summed E-state index contributed by atoms with van der Waals surface area (Å²) in [6, 6.07) is 16.7. The summed E-state index contributed by atoms with van der Waals surface area (Å²) in [6.07, 6.45) is -1.54. The summed E-state index contributed by atoms with van der Waals surface area (Å²) in [5.41, 5.74) is 1.66. The van der Waals surface area contributed by atoms with Gasteiger partial charge in [0, 0.05) is 6.54 Å². The van der Waals surface area contributed by atoms with Crippen LogP contribution in [0.25, 0.3) is 0 Å². The minimum absolute atomic E-state index is 0.276. The van der Waals surface area contributed by atoms with Crippen LogP contribution >= 0.6 is 0 Å². The zero-order valence-electron chi connectivity index (χ0n) is 15.5. The standard InChI is InChI=1S/C21H22N2O5/c1-14(20(25)22-12-11-15-7-3-2-4-8-15)27-19(24)13-18-21(26)23-16-9-5-6-10-17(16)28-18/h2-10,14,18H,11-13H2,1H3,(H,22,25)(H,23,26)/t14-,18-/m0/s1. The van der Waals surface area contributed by atoms with Gasteiger partial charge in [-0.2, -0.15) is 0 Å². The van der Waals surface area contributed by atoms with E-state index in [1.165, 1.54) is 6.92 Å². The van der Waals surface area contributed by atoms with E-state index in [9.17, 15) is 14.4 Å². The third-order valence-electron chi connectivity index (χ3n) is 4.29. The molecule has 7 nitrogen and oxygen atoms in total. The molecule has 2 atom stereocenters. The van der Waals surface area contributed by atoms with Crippen LogP contribution in [0.1, 0.15) is 18.9 Å². The molecule has 1 heterocycles. The van der Waals surface area contributed by atoms with E-state index in [0.717, 1.165) is 5.56 Å². The zero-order chi connectivity index (χ0) is 19.9. The van der Waals surface area contributed by atoms with E-state index >= 15 is 0 Å². The highest BCUT2D eigenvalue weighted by Crippen LogP contribution is 2.29. The largest absolute Gasteiger partial charge is 0.478 e. The summed E-state index contributed by atoms with van der Waals surface area (Å²) in [5.74, 6) is -0.990. The summed E-state index contributed by atoms with van der Waals surface area (Å²) >= 11 is 0. The van der Waals surface area contributed by atoms with E-state index in [2.05, 4.69) is 10.6 Å². The monoisotopic (exact) mass is 382 g/mol. The fourth-order valence-corrected chi connectivity index (χ4v) is 2.80. The first-order valence-corrected chi connectivity index (χ1v) is 9.10. The van der Waals surface area contributed by atoms with E-state index in [1.807, 2.05) is 30.3 Å². The maximum absolute atomic E-state index is 12.1. The molecule has 7 heteroatoms. The molecule has 2 amide bonds. The number of rotatable bonds is 7. The number of hydrogen-bond acceptors (Lipinski definition) is 5. The lowest BCUT2D eigenvalue weighted by Gasteiger charge is -2.25. The maximum atomic E-state index is 12.1. The van der Waals surface area contributed by atoms with Crippen molar-refractivity contribution in [3.05, 3.63) is 60.2 Å². The summed E-state index contributed by atoms with van der Waals surface area (Å²) in [6.45, 7) is 1.93. The van der Waals surface area contributed by atoms with Crippen molar-refractivity contribution >= 4 is 23.5 Å². The first kappa shape index (κ1) is 19.4. The first-order valence-electron chi connectivity index (χ1n) is 9.10. The highest BCUT2D eigenvalue weighted by Gasteiger charge is 2.31. The lowest BCUT2D eigenvalue weighted by atomic mass is 10.1. The van der Waals surface area contributed by atoms with Gasteiger partial charge in [-0.1, -0.05) is 42.5 Å². The summed E-state index contributed by atoms with van der Waals surface area (Å²) in [4.78, 5) is 36.3. The predicted molar refractivity (Wildman–Crippen MR) is 103 cm³/mol. The van der Waals surface area contributed by atoms with E-state index in [4.69, 9.17) is 9.47 Å². The molecule has 1 aliphatic heterocycles. The Morgan fingerprint density at radius 3 is 2.64 bits per heavy atom. The molecular weight excluding hydrogens is 360 g/mol. The van der Waals surface area contributed by atoms with Crippen LogP contribution in [-0.2, 0) is 25.5 Å². The molecule has 0 spiro atoms. The van der Waals surface area contributed by atoms with Crippen LogP contribution in [0.15, 0.2) is 54.6 Å². The van der Waals surface area contributed by atoms with Crippen LogP contribution in [0.2, 0.25) is 0 Å². The van der Waals surface area contributed by atoms with Crippen molar-refractivity contribution in [2.75, 3.05) is 11.9 Å². The van der Waals surface area contributed by atoms with Gasteiger partial charge in [0.25, 0.3) is 11.8 Å². The minimum atomic E-state index is -0.990. The van der Waals surface area contributed by atoms with Gasteiger partial charge in [0.2, 0.25) is 0 Å². The van der Waals surface area contributed by atoms with Gasteiger partial charge in [0.05, 0.1) is 12.1 Å². The Bertz CT molecular complexity index is 853. The molecule has 3 rings (SSSR count). The lowest BCUT2D eigenvalue weighted by Crippen LogP contribution is -2.41. The Labute approximate surface area is 163 Å². The van der Waals surface area contributed by atoms with Gasteiger partial charge in [0.1, 0.15) is 5.75 Å². The topological polar surface area (TPSA) is 93.7 Å². The van der Waals surface area contributed by atoms with Crippen molar-refractivity contribution in [3.8, 4) is 5.75 Å². The quantitative estimate of drug-likeness (QED) is 0.715. The van der Waals surface area contributed by atoms with Crippen LogP contribution in [0.4, 0.5) is 5.69 Å². The molecule has 0 unspecified atom stereocenters. The molecule has 0 aliphatic carbocycles. The second-order valence-electron chi connectivity index (χ2n) is 6.45. The van der Waals surface area contributed by atoms with Gasteiger partial charge in [0.15, 0.2) is 12.2 Å². The minimum Gasteiger partial charge on any atom is -0.478 e. The molecular formula is C21H22N2O5. The lowest BCUT2D eigenvalue weighted by molar-refractivity contribution is -0.157. The fourth-order valence-electron chi connectivity index (χ4n) is 2.80. The molecule has 0 fully saturated rings. The van der Waals surface area contributed by atoms with E-state index < -0.39 is 24.1 Å². The molecule has 0 saturated carbocycles. The number of anilines is 1. The SMILES string of the molecule is C[C@H](OC(=O)C[C@@H]1Oc2ccccc2NC1=O)C(=O)NCCc1ccccc1. The number of benzene rings is 2. The fraction of sp³-hybridized carbons (Fsp3) is 0.286. The normalized spacial score (nSPS) is 16.2. The highest BCUT2D eigenvalue weighted by atomic mass is 16.6. The number of ether oxygens (including phenoxy) is 2. The van der Waals surface area contributed by atoms with Gasteiger partial charge < -0.3 is 20.1 Å². The van der Waals surface area contributed by atoms with E-state index in [-0.39, 0.29) is 12.3 Å². The Kier molecular flexibility index (Phi) is 6.26. The zero-order valence-corrected chi connectivity index (χ0v) is 15.5. The Balaban J connectivity index is 1.43. The number of nitrogens with one attached hydrogen (secondary N) is 2. The Hall–Kier alpha value is -3.35. The van der Waals surface area contributed by atoms with Gasteiger partial charge >= 0.3 is 5.97 Å².